The number of nitrogens with one attached hydrogen (secondary N) is 1. The minimum absolute atomic E-state index is 0.0633. The third-order valence-corrected chi connectivity index (χ3v) is 6.51. The summed E-state index contributed by atoms with van der Waals surface area (Å²) in [6.45, 7) is 2.67. The van der Waals surface area contributed by atoms with Crippen molar-refractivity contribution in [3.05, 3.63) is 52.7 Å². The molecule has 1 N–H and O–H groups in total. The van der Waals surface area contributed by atoms with Crippen LogP contribution < -0.4 is 15.8 Å². The number of pyridine rings is 1. The molecule has 0 bridgehead atoms. The van der Waals surface area contributed by atoms with Gasteiger partial charge in [-0.25, -0.2) is 4.98 Å². The maximum absolute atomic E-state index is 12.9. The van der Waals surface area contributed by atoms with E-state index < -0.39 is 5.91 Å². The van der Waals surface area contributed by atoms with Gasteiger partial charge in [0.15, 0.2) is 5.16 Å². The van der Waals surface area contributed by atoms with Crippen molar-refractivity contribution in [2.75, 3.05) is 29.1 Å². The van der Waals surface area contributed by atoms with Gasteiger partial charge in [-0.3, -0.25) is 19.1 Å². The monoisotopic (exact) mass is 407 g/mol. The van der Waals surface area contributed by atoms with Crippen LogP contribution in [-0.2, 0) is 6.54 Å². The molecule has 0 aliphatic carbocycles. The molecule has 0 radical (unpaired) electrons. The van der Waals surface area contributed by atoms with Crippen molar-refractivity contribution in [3.8, 4) is 0 Å². The number of thioether (sulfide) groups is 1. The highest BCUT2D eigenvalue weighted by Crippen LogP contribution is 2.33. The Morgan fingerprint density at radius 3 is 2.76 bits per heavy atom. The van der Waals surface area contributed by atoms with Gasteiger partial charge in [0.05, 0.1) is 5.69 Å². The Balaban J connectivity index is 1.50. The summed E-state index contributed by atoms with van der Waals surface area (Å²) >= 11 is 1.53. The summed E-state index contributed by atoms with van der Waals surface area (Å²) in [5.74, 6) is 0.368. The Morgan fingerprint density at radius 1 is 1.03 bits per heavy atom. The summed E-state index contributed by atoms with van der Waals surface area (Å²) in [6, 6.07) is 5.94. The molecule has 2 aliphatic rings. The second-order valence-electron chi connectivity index (χ2n) is 7.32. The molecule has 0 saturated carbocycles. The van der Waals surface area contributed by atoms with Gasteiger partial charge in [-0.05, 0) is 37.5 Å². The van der Waals surface area contributed by atoms with E-state index in [1.54, 1.807) is 17.0 Å². The lowest BCUT2D eigenvalue weighted by molar-refractivity contribution is 0.102. The number of piperidine rings is 1. The van der Waals surface area contributed by atoms with Gasteiger partial charge in [-0.2, -0.15) is 0 Å². The van der Waals surface area contributed by atoms with E-state index in [1.807, 2.05) is 18.2 Å². The van der Waals surface area contributed by atoms with Crippen LogP contribution >= 0.6 is 11.8 Å². The molecule has 1 amide bonds. The van der Waals surface area contributed by atoms with E-state index in [1.165, 1.54) is 37.2 Å². The molecule has 5 rings (SSSR count). The molecule has 7 nitrogen and oxygen atoms in total. The number of carbonyl (C=O) groups excluding carboxylic acids is 1. The van der Waals surface area contributed by atoms with E-state index in [-0.39, 0.29) is 11.1 Å². The Hall–Kier alpha value is -2.87. The number of anilines is 2. The molecule has 2 aliphatic heterocycles. The first-order chi connectivity index (χ1) is 14.2. The van der Waals surface area contributed by atoms with Gasteiger partial charge < -0.3 is 10.2 Å². The number of benzene rings is 1. The first-order valence-electron chi connectivity index (χ1n) is 9.88. The quantitative estimate of drug-likeness (QED) is 0.672. The predicted molar refractivity (Wildman–Crippen MR) is 115 cm³/mol. The third kappa shape index (κ3) is 3.27. The van der Waals surface area contributed by atoms with E-state index >= 15 is 0 Å². The number of fused-ring (bicyclic) bond motifs is 2. The van der Waals surface area contributed by atoms with E-state index in [9.17, 15) is 9.59 Å². The predicted octanol–water partition coefficient (Wildman–Crippen LogP) is 3.14. The lowest BCUT2D eigenvalue weighted by Crippen LogP contribution is -2.30. The zero-order valence-electron chi connectivity index (χ0n) is 15.9. The second-order valence-corrected chi connectivity index (χ2v) is 8.38. The zero-order chi connectivity index (χ0) is 19.8. The van der Waals surface area contributed by atoms with Crippen molar-refractivity contribution in [1.82, 2.24) is 14.5 Å². The van der Waals surface area contributed by atoms with Gasteiger partial charge in [-0.1, -0.05) is 11.8 Å². The topological polar surface area (TPSA) is 80.1 Å². The maximum Gasteiger partial charge on any atom is 0.267 e. The molecular formula is C21H21N5O2S. The molecule has 0 unspecified atom stereocenters. The average molecular weight is 407 g/mol. The Kier molecular flexibility index (Phi) is 4.71. The van der Waals surface area contributed by atoms with Crippen molar-refractivity contribution >= 4 is 39.8 Å². The summed E-state index contributed by atoms with van der Waals surface area (Å²) in [5, 5.41) is 5.50. The minimum atomic E-state index is -0.439. The Bertz CT molecular complexity index is 1150. The van der Waals surface area contributed by atoms with Crippen molar-refractivity contribution in [2.24, 2.45) is 0 Å². The fraction of sp³-hybridized carbons (Fsp3) is 0.333. The number of hydrogen-bond donors (Lipinski definition) is 1. The average Bonchev–Trinajstić information content (AvgIpc) is 3.25. The summed E-state index contributed by atoms with van der Waals surface area (Å²) in [7, 11) is 0. The zero-order valence-corrected chi connectivity index (χ0v) is 16.7. The molecule has 2 aromatic heterocycles. The van der Waals surface area contributed by atoms with Gasteiger partial charge in [0.25, 0.3) is 11.5 Å². The van der Waals surface area contributed by atoms with E-state index in [0.717, 1.165) is 35.3 Å². The molecule has 1 aromatic carbocycles. The number of aromatic nitrogens is 3. The maximum atomic E-state index is 12.9. The number of nitrogens with zero attached hydrogens (tertiary/aromatic N) is 4. The van der Waals surface area contributed by atoms with Gasteiger partial charge >= 0.3 is 0 Å². The molecule has 0 atom stereocenters. The lowest BCUT2D eigenvalue weighted by Gasteiger charge is -2.30. The summed E-state index contributed by atoms with van der Waals surface area (Å²) in [5.41, 5.74) is 1.59. The van der Waals surface area contributed by atoms with Crippen LogP contribution in [0.5, 0.6) is 0 Å². The van der Waals surface area contributed by atoms with Crippen LogP contribution in [-0.4, -0.2) is 39.3 Å². The molecule has 1 fully saturated rings. The van der Waals surface area contributed by atoms with Gasteiger partial charge in [0, 0.05) is 60.4 Å². The first kappa shape index (κ1) is 18.2. The Labute approximate surface area is 172 Å². The van der Waals surface area contributed by atoms with Gasteiger partial charge in [0.1, 0.15) is 5.56 Å². The minimum Gasteiger partial charge on any atom is -0.371 e. The molecule has 0 spiro atoms. The fourth-order valence-corrected chi connectivity index (χ4v) is 4.97. The normalized spacial score (nSPS) is 16.1. The van der Waals surface area contributed by atoms with Gasteiger partial charge in [0.2, 0.25) is 0 Å². The fourth-order valence-electron chi connectivity index (χ4n) is 4.06. The molecule has 8 heteroatoms. The number of hydrogen-bond acceptors (Lipinski definition) is 6. The lowest BCUT2D eigenvalue weighted by atomic mass is 10.0. The number of amides is 1. The van der Waals surface area contributed by atoms with Crippen molar-refractivity contribution in [3.63, 3.8) is 0 Å². The van der Waals surface area contributed by atoms with E-state index in [0.29, 0.717) is 17.4 Å². The molecule has 148 valence electrons. The van der Waals surface area contributed by atoms with Crippen LogP contribution in [0.2, 0.25) is 0 Å². The van der Waals surface area contributed by atoms with Crippen LogP contribution in [0.25, 0.3) is 10.8 Å². The highest BCUT2D eigenvalue weighted by Gasteiger charge is 2.21. The van der Waals surface area contributed by atoms with Crippen molar-refractivity contribution in [1.29, 1.82) is 0 Å². The van der Waals surface area contributed by atoms with Gasteiger partial charge in [-0.15, -0.1) is 0 Å². The summed E-state index contributed by atoms with van der Waals surface area (Å²) in [6.07, 6.45) is 8.58. The Morgan fingerprint density at radius 2 is 1.90 bits per heavy atom. The highest BCUT2D eigenvalue weighted by molar-refractivity contribution is 7.99. The molecule has 3 aromatic rings. The van der Waals surface area contributed by atoms with Crippen LogP contribution in [0, 0.1) is 0 Å². The van der Waals surface area contributed by atoms with Crippen LogP contribution in [0.3, 0.4) is 0 Å². The van der Waals surface area contributed by atoms with Crippen LogP contribution in [0.4, 0.5) is 11.4 Å². The standard InChI is InChI=1S/C21H21N5O2S/c27-19(16-13-23-21-26(20(16)28)10-11-29-21)24-17-4-5-18(25-8-2-1-3-9-25)14-6-7-22-12-15(14)17/h4-7,12-13H,1-3,8-11H2,(H,24,27). The number of rotatable bonds is 3. The van der Waals surface area contributed by atoms with E-state index in [4.69, 9.17) is 0 Å². The van der Waals surface area contributed by atoms with Crippen molar-refractivity contribution < 1.29 is 4.79 Å². The third-order valence-electron chi connectivity index (χ3n) is 5.54. The van der Waals surface area contributed by atoms with Crippen LogP contribution in [0.1, 0.15) is 29.6 Å². The summed E-state index contributed by atoms with van der Waals surface area (Å²) in [4.78, 5) is 36.4. The van der Waals surface area contributed by atoms with Crippen LogP contribution in [0.15, 0.2) is 46.7 Å². The second kappa shape index (κ2) is 7.51. The smallest absolute Gasteiger partial charge is 0.267 e. The SMILES string of the molecule is O=C(Nc1ccc(N2CCCCC2)c2ccncc12)c1cnc2n(c1=O)CCS2. The molecular weight excluding hydrogens is 386 g/mol. The molecule has 1 saturated heterocycles. The largest absolute Gasteiger partial charge is 0.371 e. The van der Waals surface area contributed by atoms with E-state index in [2.05, 4.69) is 20.2 Å². The first-order valence-corrected chi connectivity index (χ1v) is 10.9. The number of carbonyl (C=O) groups is 1. The van der Waals surface area contributed by atoms with Crippen molar-refractivity contribution in [2.45, 2.75) is 31.0 Å². The molecule has 29 heavy (non-hydrogen) atoms. The molecule has 4 heterocycles. The highest BCUT2D eigenvalue weighted by atomic mass is 32.2. The summed E-state index contributed by atoms with van der Waals surface area (Å²) < 4.78 is 1.57.